The van der Waals surface area contributed by atoms with Gasteiger partial charge >= 0.3 is 0 Å². The van der Waals surface area contributed by atoms with Crippen LogP contribution in [0, 0.1) is 0 Å². The summed E-state index contributed by atoms with van der Waals surface area (Å²) in [6.45, 7) is 2.00. The Kier molecular flexibility index (Phi) is 5.20. The highest BCUT2D eigenvalue weighted by atomic mass is 32.2. The van der Waals surface area contributed by atoms with Gasteiger partial charge in [-0.25, -0.2) is 12.7 Å². The van der Waals surface area contributed by atoms with Gasteiger partial charge in [-0.1, -0.05) is 6.92 Å². The normalized spacial score (nSPS) is 15.1. The van der Waals surface area contributed by atoms with Crippen LogP contribution in [-0.2, 0) is 10.0 Å². The summed E-state index contributed by atoms with van der Waals surface area (Å²) in [5.41, 5.74) is 0. The van der Waals surface area contributed by atoms with Crippen molar-refractivity contribution in [3.05, 3.63) is 0 Å². The maximum absolute atomic E-state index is 11.1. The molecule has 0 fully saturated rings. The third kappa shape index (κ3) is 3.78. The number of sulfonamides is 1. The van der Waals surface area contributed by atoms with Crippen molar-refractivity contribution >= 4 is 21.8 Å². The third-order valence-corrected chi connectivity index (χ3v) is 3.93. The predicted molar refractivity (Wildman–Crippen MR) is 55.1 cm³/mol. The lowest BCUT2D eigenvalue weighted by Crippen LogP contribution is -2.37. The number of hydrogen-bond donors (Lipinski definition) is 0. The molecule has 1 unspecified atom stereocenters. The Morgan fingerprint density at radius 2 is 2.00 bits per heavy atom. The Morgan fingerprint density at radius 1 is 1.50 bits per heavy atom. The van der Waals surface area contributed by atoms with Gasteiger partial charge in [0.25, 0.3) is 0 Å². The van der Waals surface area contributed by atoms with Crippen molar-refractivity contribution in [3.8, 4) is 0 Å². The quantitative estimate of drug-likeness (QED) is 0.681. The highest BCUT2D eigenvalue weighted by Crippen LogP contribution is 2.10. The number of rotatable bonds is 5. The first-order chi connectivity index (χ1) is 5.43. The van der Waals surface area contributed by atoms with Crippen molar-refractivity contribution in [1.82, 2.24) is 4.31 Å². The smallest absolute Gasteiger partial charge is 0.211 e. The molecule has 0 saturated heterocycles. The van der Waals surface area contributed by atoms with Crippen LogP contribution >= 0.6 is 11.8 Å². The van der Waals surface area contributed by atoms with Crippen LogP contribution < -0.4 is 0 Å². The maximum atomic E-state index is 11.1. The SMILES string of the molecule is CCC(CSC)N(C)S(C)(=O)=O. The summed E-state index contributed by atoms with van der Waals surface area (Å²) in [5.74, 6) is 0.861. The van der Waals surface area contributed by atoms with E-state index in [1.165, 1.54) is 10.6 Å². The van der Waals surface area contributed by atoms with Crippen LogP contribution in [0.1, 0.15) is 13.3 Å². The Bertz CT molecular complexity index is 213. The van der Waals surface area contributed by atoms with Gasteiger partial charge < -0.3 is 0 Å². The fourth-order valence-corrected chi connectivity index (χ4v) is 2.65. The fourth-order valence-electron chi connectivity index (χ4n) is 0.943. The lowest BCUT2D eigenvalue weighted by Gasteiger charge is -2.23. The fraction of sp³-hybridized carbons (Fsp3) is 1.00. The summed E-state index contributed by atoms with van der Waals surface area (Å²) in [5, 5.41) is 0. The number of nitrogens with zero attached hydrogens (tertiary/aromatic N) is 1. The van der Waals surface area contributed by atoms with E-state index >= 15 is 0 Å². The van der Waals surface area contributed by atoms with E-state index in [-0.39, 0.29) is 6.04 Å². The molecule has 0 aliphatic rings. The highest BCUT2D eigenvalue weighted by molar-refractivity contribution is 7.98. The van der Waals surface area contributed by atoms with Crippen LogP contribution in [0.3, 0.4) is 0 Å². The summed E-state index contributed by atoms with van der Waals surface area (Å²) in [6.07, 6.45) is 4.10. The lowest BCUT2D eigenvalue weighted by molar-refractivity contribution is 0.389. The topological polar surface area (TPSA) is 37.4 Å². The summed E-state index contributed by atoms with van der Waals surface area (Å²) >= 11 is 1.67. The Balaban J connectivity index is 4.31. The van der Waals surface area contributed by atoms with E-state index in [1.54, 1.807) is 18.8 Å². The molecule has 1 atom stereocenters. The molecule has 3 nitrogen and oxygen atoms in total. The first kappa shape index (κ1) is 12.3. The summed E-state index contributed by atoms with van der Waals surface area (Å²) < 4.78 is 23.7. The van der Waals surface area contributed by atoms with E-state index in [2.05, 4.69) is 0 Å². The first-order valence-corrected chi connectivity index (χ1v) is 7.09. The molecule has 74 valence electrons. The van der Waals surface area contributed by atoms with Crippen LogP contribution in [0.15, 0.2) is 0 Å². The minimum atomic E-state index is -3.02. The number of thioether (sulfide) groups is 1. The van der Waals surface area contributed by atoms with E-state index in [0.29, 0.717) is 0 Å². The molecular formula is C7H17NO2S2. The second-order valence-electron chi connectivity index (χ2n) is 2.80. The standard InChI is InChI=1S/C7H17NO2S2/c1-5-7(6-11-3)8(2)12(4,9)10/h7H,5-6H2,1-4H3. The molecular weight excluding hydrogens is 194 g/mol. The van der Waals surface area contributed by atoms with E-state index in [1.807, 2.05) is 13.2 Å². The van der Waals surface area contributed by atoms with Gasteiger partial charge in [0.05, 0.1) is 6.26 Å². The summed E-state index contributed by atoms with van der Waals surface area (Å²) in [6, 6.07) is 0.134. The van der Waals surface area contributed by atoms with Crippen LogP contribution in [0.2, 0.25) is 0 Å². The molecule has 12 heavy (non-hydrogen) atoms. The first-order valence-electron chi connectivity index (χ1n) is 3.85. The Labute approximate surface area is 79.6 Å². The van der Waals surface area contributed by atoms with E-state index in [0.717, 1.165) is 12.2 Å². The molecule has 0 aromatic rings. The molecule has 5 heteroatoms. The van der Waals surface area contributed by atoms with Crippen molar-refractivity contribution in [2.45, 2.75) is 19.4 Å². The molecule has 0 aliphatic carbocycles. The van der Waals surface area contributed by atoms with E-state index < -0.39 is 10.0 Å². The molecule has 0 bridgehead atoms. The Hall–Kier alpha value is 0.260. The predicted octanol–water partition coefficient (Wildman–Crippen LogP) is 1.02. The lowest BCUT2D eigenvalue weighted by atomic mass is 10.3. The van der Waals surface area contributed by atoms with Crippen molar-refractivity contribution in [1.29, 1.82) is 0 Å². The van der Waals surface area contributed by atoms with Crippen LogP contribution in [0.25, 0.3) is 0 Å². The van der Waals surface area contributed by atoms with Gasteiger partial charge in [-0.3, -0.25) is 0 Å². The van der Waals surface area contributed by atoms with Crippen molar-refractivity contribution in [2.75, 3.05) is 25.3 Å². The molecule has 0 radical (unpaired) electrons. The largest absolute Gasteiger partial charge is 0.213 e. The van der Waals surface area contributed by atoms with Gasteiger partial charge in [-0.2, -0.15) is 11.8 Å². The molecule has 0 heterocycles. The van der Waals surface area contributed by atoms with Crippen molar-refractivity contribution in [2.24, 2.45) is 0 Å². The molecule has 0 N–H and O–H groups in total. The molecule has 0 aliphatic heterocycles. The summed E-state index contributed by atoms with van der Waals surface area (Å²) in [7, 11) is -1.38. The van der Waals surface area contributed by atoms with Gasteiger partial charge in [0.2, 0.25) is 10.0 Å². The van der Waals surface area contributed by atoms with E-state index in [4.69, 9.17) is 0 Å². The minimum absolute atomic E-state index is 0.134. The number of hydrogen-bond acceptors (Lipinski definition) is 3. The van der Waals surface area contributed by atoms with Gasteiger partial charge in [0.1, 0.15) is 0 Å². The third-order valence-electron chi connectivity index (χ3n) is 1.87. The van der Waals surface area contributed by atoms with Crippen LogP contribution in [0.5, 0.6) is 0 Å². The van der Waals surface area contributed by atoms with Crippen LogP contribution in [-0.4, -0.2) is 44.1 Å². The molecule has 0 amide bonds. The van der Waals surface area contributed by atoms with Gasteiger partial charge in [0, 0.05) is 18.8 Å². The highest BCUT2D eigenvalue weighted by Gasteiger charge is 2.19. The summed E-state index contributed by atoms with van der Waals surface area (Å²) in [4.78, 5) is 0. The second kappa shape index (κ2) is 5.09. The minimum Gasteiger partial charge on any atom is -0.213 e. The van der Waals surface area contributed by atoms with Gasteiger partial charge in [-0.15, -0.1) is 0 Å². The monoisotopic (exact) mass is 211 g/mol. The van der Waals surface area contributed by atoms with Crippen molar-refractivity contribution < 1.29 is 8.42 Å². The molecule has 0 aromatic carbocycles. The molecule has 0 spiro atoms. The zero-order chi connectivity index (χ0) is 9.78. The Morgan fingerprint density at radius 3 is 2.25 bits per heavy atom. The van der Waals surface area contributed by atoms with Crippen LogP contribution in [0.4, 0.5) is 0 Å². The van der Waals surface area contributed by atoms with Gasteiger partial charge in [0.15, 0.2) is 0 Å². The van der Waals surface area contributed by atoms with E-state index in [9.17, 15) is 8.42 Å². The molecule has 0 aromatic heterocycles. The maximum Gasteiger partial charge on any atom is 0.211 e. The average molecular weight is 211 g/mol. The average Bonchev–Trinajstić information content (AvgIpc) is 1.97. The zero-order valence-electron chi connectivity index (χ0n) is 8.07. The second-order valence-corrected chi connectivity index (χ2v) is 5.75. The zero-order valence-corrected chi connectivity index (χ0v) is 9.70. The van der Waals surface area contributed by atoms with Gasteiger partial charge in [-0.05, 0) is 12.7 Å². The van der Waals surface area contributed by atoms with Crippen molar-refractivity contribution in [3.63, 3.8) is 0 Å². The molecule has 0 rings (SSSR count). The molecule has 0 saturated carbocycles.